The van der Waals surface area contributed by atoms with Crippen molar-refractivity contribution in [1.29, 1.82) is 0 Å². The van der Waals surface area contributed by atoms with Gasteiger partial charge in [-0.1, -0.05) is 6.07 Å². The predicted octanol–water partition coefficient (Wildman–Crippen LogP) is 1.14. The first-order valence-corrected chi connectivity index (χ1v) is 5.13. The Hall–Kier alpha value is -1.30. The van der Waals surface area contributed by atoms with Crippen LogP contribution in [-0.4, -0.2) is 21.3 Å². The van der Waals surface area contributed by atoms with Gasteiger partial charge < -0.3 is 15.5 Å². The molecule has 7 heteroatoms. The van der Waals surface area contributed by atoms with Crippen molar-refractivity contribution in [2.75, 3.05) is 0 Å². The quantitative estimate of drug-likeness (QED) is 0.890. The van der Waals surface area contributed by atoms with E-state index in [4.69, 9.17) is 5.73 Å². The molecule has 1 amide bonds. The number of hydrogen-bond acceptors (Lipinski definition) is 3. The molecule has 2 heterocycles. The number of nitrogens with zero attached hydrogens (tertiary/aromatic N) is 2. The van der Waals surface area contributed by atoms with Crippen LogP contribution in [0.4, 0.5) is 0 Å². The topological polar surface area (TPSA) is 72.4 Å². The summed E-state index contributed by atoms with van der Waals surface area (Å²) >= 11 is 0. The lowest BCUT2D eigenvalue weighted by Gasteiger charge is -2.04. The van der Waals surface area contributed by atoms with Crippen molar-refractivity contribution >= 4 is 36.4 Å². The van der Waals surface area contributed by atoms with Crippen LogP contribution in [0.1, 0.15) is 12.6 Å². The number of nitrogens with two attached hydrogens (primary N) is 1. The molecule has 0 spiro atoms. The number of rotatable bonds is 3. The molecule has 3 N–H and O–H groups in total. The van der Waals surface area contributed by atoms with E-state index in [1.54, 1.807) is 6.92 Å². The first-order valence-electron chi connectivity index (χ1n) is 5.13. The zero-order valence-electron chi connectivity index (χ0n) is 9.87. The average Bonchev–Trinajstić information content (AvgIpc) is 2.68. The van der Waals surface area contributed by atoms with Crippen molar-refractivity contribution in [2.24, 2.45) is 5.73 Å². The Morgan fingerprint density at radius 3 is 2.83 bits per heavy atom. The van der Waals surface area contributed by atoms with Crippen LogP contribution >= 0.6 is 24.8 Å². The summed E-state index contributed by atoms with van der Waals surface area (Å²) in [6.45, 7) is 2.06. The van der Waals surface area contributed by atoms with Gasteiger partial charge >= 0.3 is 0 Å². The number of pyridine rings is 1. The summed E-state index contributed by atoms with van der Waals surface area (Å²) in [7, 11) is 0. The molecule has 100 valence electrons. The van der Waals surface area contributed by atoms with Gasteiger partial charge in [-0.3, -0.25) is 4.79 Å². The SMILES string of the molecule is C[C@H](N)C(=O)NCc1cn2ccccc2n1.Cl.Cl. The lowest BCUT2D eigenvalue weighted by molar-refractivity contribution is -0.122. The van der Waals surface area contributed by atoms with Crippen molar-refractivity contribution in [3.63, 3.8) is 0 Å². The highest BCUT2D eigenvalue weighted by molar-refractivity contribution is 5.85. The Bertz CT molecular complexity index is 479. The van der Waals surface area contributed by atoms with Crippen LogP contribution in [0.5, 0.6) is 0 Å². The molecule has 0 unspecified atom stereocenters. The monoisotopic (exact) mass is 290 g/mol. The fraction of sp³-hybridized carbons (Fsp3) is 0.273. The molecule has 2 aromatic heterocycles. The minimum absolute atomic E-state index is 0. The number of carbonyl (C=O) groups is 1. The molecular formula is C11H16Cl2N4O. The van der Waals surface area contributed by atoms with E-state index in [-0.39, 0.29) is 30.7 Å². The second-order valence-corrected chi connectivity index (χ2v) is 3.70. The summed E-state index contributed by atoms with van der Waals surface area (Å²) in [4.78, 5) is 15.6. The molecule has 0 fully saturated rings. The third-order valence-electron chi connectivity index (χ3n) is 2.27. The lowest BCUT2D eigenvalue weighted by atomic mass is 10.3. The van der Waals surface area contributed by atoms with Crippen molar-refractivity contribution in [3.05, 3.63) is 36.3 Å². The highest BCUT2D eigenvalue weighted by Gasteiger charge is 2.07. The fourth-order valence-corrected chi connectivity index (χ4v) is 1.41. The number of fused-ring (bicyclic) bond motifs is 1. The molecule has 0 saturated carbocycles. The minimum Gasteiger partial charge on any atom is -0.349 e. The Kier molecular flexibility index (Phi) is 6.68. The molecule has 0 aliphatic rings. The van der Waals surface area contributed by atoms with E-state index in [0.717, 1.165) is 11.3 Å². The molecule has 0 radical (unpaired) electrons. The second kappa shape index (κ2) is 7.20. The van der Waals surface area contributed by atoms with Gasteiger partial charge in [-0.25, -0.2) is 4.98 Å². The number of imidazole rings is 1. The maximum atomic E-state index is 11.3. The highest BCUT2D eigenvalue weighted by Crippen LogP contribution is 2.03. The van der Waals surface area contributed by atoms with E-state index in [0.29, 0.717) is 6.54 Å². The van der Waals surface area contributed by atoms with Crippen LogP contribution in [0, 0.1) is 0 Å². The van der Waals surface area contributed by atoms with Gasteiger partial charge in [0.15, 0.2) is 0 Å². The van der Waals surface area contributed by atoms with Crippen molar-refractivity contribution in [1.82, 2.24) is 14.7 Å². The fourth-order valence-electron chi connectivity index (χ4n) is 1.41. The van der Waals surface area contributed by atoms with Gasteiger partial charge in [-0.05, 0) is 19.1 Å². The molecule has 2 aromatic rings. The van der Waals surface area contributed by atoms with Crippen LogP contribution in [-0.2, 0) is 11.3 Å². The number of hydrogen-bond donors (Lipinski definition) is 2. The number of amides is 1. The molecular weight excluding hydrogens is 275 g/mol. The first-order chi connectivity index (χ1) is 7.66. The van der Waals surface area contributed by atoms with Crippen molar-refractivity contribution in [3.8, 4) is 0 Å². The van der Waals surface area contributed by atoms with Gasteiger partial charge in [0.2, 0.25) is 5.91 Å². The van der Waals surface area contributed by atoms with Crippen LogP contribution in [0.25, 0.3) is 5.65 Å². The number of carbonyl (C=O) groups excluding carboxylic acids is 1. The van der Waals surface area contributed by atoms with Crippen LogP contribution in [0.2, 0.25) is 0 Å². The molecule has 5 nitrogen and oxygen atoms in total. The molecule has 1 atom stereocenters. The van der Waals surface area contributed by atoms with E-state index in [1.165, 1.54) is 0 Å². The zero-order chi connectivity index (χ0) is 11.5. The normalized spacial score (nSPS) is 11.2. The Balaban J connectivity index is 0.00000144. The van der Waals surface area contributed by atoms with Gasteiger partial charge in [-0.15, -0.1) is 24.8 Å². The Morgan fingerprint density at radius 1 is 1.50 bits per heavy atom. The summed E-state index contributed by atoms with van der Waals surface area (Å²) in [5.41, 5.74) is 7.13. The molecule has 0 aromatic carbocycles. The summed E-state index contributed by atoms with van der Waals surface area (Å²) < 4.78 is 1.91. The van der Waals surface area contributed by atoms with Gasteiger partial charge in [0.05, 0.1) is 18.3 Å². The molecule has 2 rings (SSSR count). The molecule has 0 aliphatic carbocycles. The summed E-state index contributed by atoms with van der Waals surface area (Å²) in [5.74, 6) is -0.169. The van der Waals surface area contributed by atoms with Gasteiger partial charge in [0.25, 0.3) is 0 Å². The predicted molar refractivity (Wildman–Crippen MR) is 75.2 cm³/mol. The van der Waals surface area contributed by atoms with E-state index in [2.05, 4.69) is 10.3 Å². The van der Waals surface area contributed by atoms with Gasteiger partial charge in [0, 0.05) is 12.4 Å². The third kappa shape index (κ3) is 3.87. The Morgan fingerprint density at radius 2 is 2.22 bits per heavy atom. The van der Waals surface area contributed by atoms with Crippen LogP contribution < -0.4 is 11.1 Å². The maximum absolute atomic E-state index is 11.3. The van der Waals surface area contributed by atoms with E-state index in [9.17, 15) is 4.79 Å². The zero-order valence-corrected chi connectivity index (χ0v) is 11.5. The van der Waals surface area contributed by atoms with Crippen molar-refractivity contribution in [2.45, 2.75) is 19.5 Å². The molecule has 0 bridgehead atoms. The van der Waals surface area contributed by atoms with E-state index >= 15 is 0 Å². The Labute approximate surface area is 118 Å². The van der Waals surface area contributed by atoms with Crippen LogP contribution in [0.15, 0.2) is 30.6 Å². The smallest absolute Gasteiger partial charge is 0.236 e. The average molecular weight is 291 g/mol. The summed E-state index contributed by atoms with van der Waals surface area (Å²) in [5, 5.41) is 2.72. The highest BCUT2D eigenvalue weighted by atomic mass is 35.5. The maximum Gasteiger partial charge on any atom is 0.236 e. The van der Waals surface area contributed by atoms with Gasteiger partial charge in [-0.2, -0.15) is 0 Å². The van der Waals surface area contributed by atoms with Crippen molar-refractivity contribution < 1.29 is 4.79 Å². The summed E-state index contributed by atoms with van der Waals surface area (Å²) in [6, 6.07) is 5.28. The standard InChI is InChI=1S/C11H14N4O.2ClH/c1-8(12)11(16)13-6-9-7-15-5-3-2-4-10(15)14-9;;/h2-5,7-8H,6,12H2,1H3,(H,13,16);2*1H/t8-;;/m0../s1. The number of halogens is 2. The van der Waals surface area contributed by atoms with Gasteiger partial charge in [0.1, 0.15) is 5.65 Å². The molecule has 0 aliphatic heterocycles. The lowest BCUT2D eigenvalue weighted by Crippen LogP contribution is -2.37. The van der Waals surface area contributed by atoms with Crippen LogP contribution in [0.3, 0.4) is 0 Å². The third-order valence-corrected chi connectivity index (χ3v) is 2.27. The van der Waals surface area contributed by atoms with E-state index < -0.39 is 6.04 Å². The minimum atomic E-state index is -0.489. The molecule has 18 heavy (non-hydrogen) atoms. The first kappa shape index (κ1) is 16.7. The van der Waals surface area contributed by atoms with E-state index in [1.807, 2.05) is 35.0 Å². The largest absolute Gasteiger partial charge is 0.349 e. The second-order valence-electron chi connectivity index (χ2n) is 3.70. The number of aromatic nitrogens is 2. The number of nitrogens with one attached hydrogen (secondary N) is 1. The summed E-state index contributed by atoms with van der Waals surface area (Å²) in [6.07, 6.45) is 3.80. The molecule has 0 saturated heterocycles.